The van der Waals surface area contributed by atoms with Crippen molar-refractivity contribution in [3.05, 3.63) is 64.4 Å². The first-order valence-electron chi connectivity index (χ1n) is 7.00. The van der Waals surface area contributed by atoms with Gasteiger partial charge < -0.3 is 5.73 Å². The van der Waals surface area contributed by atoms with Gasteiger partial charge in [-0.2, -0.15) is 0 Å². The second kappa shape index (κ2) is 7.83. The van der Waals surface area contributed by atoms with Crippen LogP contribution in [0.5, 0.6) is 0 Å². The SMILES string of the molecule is CCC(N)Cc1cccc(F)c1SCc1ccc(Cl)cc1. The molecule has 0 radical (unpaired) electrons. The van der Waals surface area contributed by atoms with E-state index in [1.54, 1.807) is 6.07 Å². The molecule has 0 amide bonds. The molecule has 0 bridgehead atoms. The molecule has 2 N–H and O–H groups in total. The van der Waals surface area contributed by atoms with Crippen LogP contribution in [-0.2, 0) is 12.2 Å². The van der Waals surface area contributed by atoms with Crippen LogP contribution in [-0.4, -0.2) is 6.04 Å². The highest BCUT2D eigenvalue weighted by atomic mass is 35.5. The van der Waals surface area contributed by atoms with Crippen molar-refractivity contribution in [3.8, 4) is 0 Å². The zero-order valence-corrected chi connectivity index (χ0v) is 13.6. The summed E-state index contributed by atoms with van der Waals surface area (Å²) in [7, 11) is 0. The normalized spacial score (nSPS) is 12.4. The molecule has 21 heavy (non-hydrogen) atoms. The number of nitrogens with two attached hydrogens (primary N) is 1. The van der Waals surface area contributed by atoms with Crippen LogP contribution in [0.25, 0.3) is 0 Å². The van der Waals surface area contributed by atoms with Crippen LogP contribution >= 0.6 is 23.4 Å². The van der Waals surface area contributed by atoms with E-state index in [9.17, 15) is 4.39 Å². The molecule has 0 saturated carbocycles. The van der Waals surface area contributed by atoms with Crippen molar-refractivity contribution in [2.75, 3.05) is 0 Å². The van der Waals surface area contributed by atoms with Gasteiger partial charge in [0.05, 0.1) is 0 Å². The molecule has 112 valence electrons. The highest BCUT2D eigenvalue weighted by molar-refractivity contribution is 7.98. The van der Waals surface area contributed by atoms with Crippen LogP contribution < -0.4 is 5.73 Å². The predicted octanol–water partition coefficient (Wildman–Crippen LogP) is 5.05. The van der Waals surface area contributed by atoms with E-state index in [4.69, 9.17) is 17.3 Å². The van der Waals surface area contributed by atoms with Gasteiger partial charge in [-0.15, -0.1) is 11.8 Å². The Morgan fingerprint density at radius 1 is 1.19 bits per heavy atom. The minimum atomic E-state index is -0.172. The van der Waals surface area contributed by atoms with Gasteiger partial charge in [0.25, 0.3) is 0 Å². The van der Waals surface area contributed by atoms with Gasteiger partial charge in [0.2, 0.25) is 0 Å². The van der Waals surface area contributed by atoms with Gasteiger partial charge in [-0.05, 0) is 42.2 Å². The smallest absolute Gasteiger partial charge is 0.137 e. The summed E-state index contributed by atoms with van der Waals surface area (Å²) in [6, 6.07) is 12.9. The van der Waals surface area contributed by atoms with Gasteiger partial charge in [-0.1, -0.05) is 42.8 Å². The summed E-state index contributed by atoms with van der Waals surface area (Å²) in [6.45, 7) is 2.05. The van der Waals surface area contributed by atoms with E-state index in [0.717, 1.165) is 17.5 Å². The average Bonchev–Trinajstić information content (AvgIpc) is 2.48. The van der Waals surface area contributed by atoms with E-state index in [1.165, 1.54) is 17.8 Å². The first kappa shape index (κ1) is 16.3. The maximum atomic E-state index is 14.1. The van der Waals surface area contributed by atoms with Gasteiger partial charge in [0.15, 0.2) is 0 Å². The number of benzene rings is 2. The van der Waals surface area contributed by atoms with E-state index >= 15 is 0 Å². The Labute approximate surface area is 134 Å². The number of halogens is 2. The molecule has 0 aliphatic rings. The third-order valence-electron chi connectivity index (χ3n) is 3.35. The molecule has 0 aliphatic heterocycles. The van der Waals surface area contributed by atoms with E-state index in [1.807, 2.05) is 37.3 Å². The van der Waals surface area contributed by atoms with Crippen LogP contribution in [0.2, 0.25) is 5.02 Å². The lowest BCUT2D eigenvalue weighted by Gasteiger charge is -2.14. The standard InChI is InChI=1S/C17H19ClFNS/c1-2-15(20)10-13-4-3-5-16(19)17(13)21-11-12-6-8-14(18)9-7-12/h3-9,15H,2,10-11,20H2,1H3. The van der Waals surface area contributed by atoms with Crippen LogP contribution in [0.4, 0.5) is 4.39 Å². The van der Waals surface area contributed by atoms with E-state index in [-0.39, 0.29) is 11.9 Å². The average molecular weight is 324 g/mol. The van der Waals surface area contributed by atoms with Gasteiger partial charge >= 0.3 is 0 Å². The van der Waals surface area contributed by atoms with Gasteiger partial charge in [-0.25, -0.2) is 4.39 Å². The van der Waals surface area contributed by atoms with Gasteiger partial charge in [0, 0.05) is 21.7 Å². The lowest BCUT2D eigenvalue weighted by molar-refractivity contribution is 0.585. The van der Waals surface area contributed by atoms with Crippen molar-refractivity contribution in [1.29, 1.82) is 0 Å². The highest BCUT2D eigenvalue weighted by Crippen LogP contribution is 2.30. The van der Waals surface area contributed by atoms with E-state index in [0.29, 0.717) is 22.1 Å². The maximum Gasteiger partial charge on any atom is 0.137 e. The molecule has 1 unspecified atom stereocenters. The molecule has 2 aromatic rings. The minimum absolute atomic E-state index is 0.0710. The Morgan fingerprint density at radius 3 is 2.57 bits per heavy atom. The summed E-state index contributed by atoms with van der Waals surface area (Å²) in [4.78, 5) is 0.705. The summed E-state index contributed by atoms with van der Waals surface area (Å²) in [6.07, 6.45) is 1.59. The van der Waals surface area contributed by atoms with Crippen molar-refractivity contribution in [2.24, 2.45) is 5.73 Å². The number of hydrogen-bond acceptors (Lipinski definition) is 2. The minimum Gasteiger partial charge on any atom is -0.327 e. The second-order valence-corrected chi connectivity index (χ2v) is 6.44. The summed E-state index contributed by atoms with van der Waals surface area (Å²) in [5.41, 5.74) is 8.11. The number of hydrogen-bond donors (Lipinski definition) is 1. The van der Waals surface area contributed by atoms with Gasteiger partial charge in [0.1, 0.15) is 5.82 Å². The molecular weight excluding hydrogens is 305 g/mol. The van der Waals surface area contributed by atoms with Crippen molar-refractivity contribution >= 4 is 23.4 Å². The maximum absolute atomic E-state index is 14.1. The van der Waals surface area contributed by atoms with Gasteiger partial charge in [-0.3, -0.25) is 0 Å². The summed E-state index contributed by atoms with van der Waals surface area (Å²) in [5.74, 6) is 0.543. The van der Waals surface area contributed by atoms with Crippen molar-refractivity contribution in [2.45, 2.75) is 36.5 Å². The number of thioether (sulfide) groups is 1. The third-order valence-corrected chi connectivity index (χ3v) is 4.83. The molecule has 1 nitrogen and oxygen atoms in total. The molecule has 0 fully saturated rings. The Hall–Kier alpha value is -1.03. The molecule has 0 heterocycles. The molecular formula is C17H19ClFNS. The highest BCUT2D eigenvalue weighted by Gasteiger charge is 2.12. The fraction of sp³-hybridized carbons (Fsp3) is 0.294. The van der Waals surface area contributed by atoms with Crippen molar-refractivity contribution in [1.82, 2.24) is 0 Å². The molecule has 0 aromatic heterocycles. The summed E-state index contributed by atoms with van der Waals surface area (Å²) in [5, 5.41) is 0.712. The molecule has 0 spiro atoms. The molecule has 0 saturated heterocycles. The zero-order chi connectivity index (χ0) is 15.2. The molecule has 4 heteroatoms. The first-order valence-corrected chi connectivity index (χ1v) is 8.36. The van der Waals surface area contributed by atoms with Crippen LogP contribution in [0.3, 0.4) is 0 Å². The second-order valence-electron chi connectivity index (χ2n) is 5.02. The monoisotopic (exact) mass is 323 g/mol. The molecule has 2 aromatic carbocycles. The molecule has 0 aliphatic carbocycles. The quantitative estimate of drug-likeness (QED) is 0.753. The van der Waals surface area contributed by atoms with Crippen molar-refractivity contribution in [3.63, 3.8) is 0 Å². The van der Waals surface area contributed by atoms with E-state index < -0.39 is 0 Å². The lowest BCUT2D eigenvalue weighted by atomic mass is 10.0. The predicted molar refractivity (Wildman–Crippen MR) is 89.4 cm³/mol. The third kappa shape index (κ3) is 4.73. The molecule has 2 rings (SSSR count). The topological polar surface area (TPSA) is 26.0 Å². The lowest BCUT2D eigenvalue weighted by Crippen LogP contribution is -2.21. The van der Waals surface area contributed by atoms with Crippen LogP contribution in [0.1, 0.15) is 24.5 Å². The van der Waals surface area contributed by atoms with E-state index in [2.05, 4.69) is 0 Å². The largest absolute Gasteiger partial charge is 0.327 e. The first-order chi connectivity index (χ1) is 10.1. The van der Waals surface area contributed by atoms with Crippen molar-refractivity contribution < 1.29 is 4.39 Å². The fourth-order valence-electron chi connectivity index (χ4n) is 2.04. The number of rotatable bonds is 6. The van der Waals surface area contributed by atoms with Crippen LogP contribution in [0.15, 0.2) is 47.4 Å². The fourth-order valence-corrected chi connectivity index (χ4v) is 3.21. The Kier molecular flexibility index (Phi) is 6.09. The Balaban J connectivity index is 2.12. The summed E-state index contributed by atoms with van der Waals surface area (Å²) >= 11 is 7.38. The zero-order valence-electron chi connectivity index (χ0n) is 12.0. The van der Waals surface area contributed by atoms with Crippen LogP contribution in [0, 0.1) is 5.82 Å². The molecule has 1 atom stereocenters. The Morgan fingerprint density at radius 2 is 1.90 bits per heavy atom. The summed E-state index contributed by atoms with van der Waals surface area (Å²) < 4.78 is 14.1. The Bertz CT molecular complexity index is 586.